The van der Waals surface area contributed by atoms with Crippen LogP contribution in [0.4, 0.5) is 4.39 Å². The van der Waals surface area contributed by atoms with Gasteiger partial charge in [0.2, 0.25) is 5.91 Å². The zero-order valence-corrected chi connectivity index (χ0v) is 16.1. The molecule has 0 radical (unpaired) electrons. The SMILES string of the molecule is COc1cccc(-c2cc(CNC(=O)C3(Cc4ccccc4F)CNC3)on2)c1. The molecule has 1 aliphatic rings. The zero-order chi connectivity index (χ0) is 20.3. The minimum Gasteiger partial charge on any atom is -0.497 e. The van der Waals surface area contributed by atoms with Gasteiger partial charge in [0.25, 0.3) is 0 Å². The number of nitrogens with zero attached hydrogens (tertiary/aromatic N) is 1. The molecule has 2 heterocycles. The number of methoxy groups -OCH3 is 1. The second-order valence-electron chi connectivity index (χ2n) is 7.25. The second-order valence-corrected chi connectivity index (χ2v) is 7.25. The highest BCUT2D eigenvalue weighted by Crippen LogP contribution is 2.29. The predicted octanol–water partition coefficient (Wildman–Crippen LogP) is 2.94. The van der Waals surface area contributed by atoms with E-state index in [-0.39, 0.29) is 18.3 Å². The van der Waals surface area contributed by atoms with Gasteiger partial charge in [-0.2, -0.15) is 0 Å². The number of aromatic nitrogens is 1. The molecule has 150 valence electrons. The number of carbonyl (C=O) groups excluding carboxylic acids is 1. The summed E-state index contributed by atoms with van der Waals surface area (Å²) in [5, 5.41) is 10.1. The van der Waals surface area contributed by atoms with Crippen molar-refractivity contribution < 1.29 is 18.4 Å². The Bertz CT molecular complexity index is 1010. The highest BCUT2D eigenvalue weighted by molar-refractivity contribution is 5.84. The minimum atomic E-state index is -0.655. The number of rotatable bonds is 7. The van der Waals surface area contributed by atoms with Gasteiger partial charge in [-0.25, -0.2) is 4.39 Å². The molecule has 6 nitrogen and oxygen atoms in total. The Hall–Kier alpha value is -3.19. The molecule has 1 fully saturated rings. The Labute approximate surface area is 168 Å². The molecule has 0 aliphatic carbocycles. The lowest BCUT2D eigenvalue weighted by Gasteiger charge is -2.41. The molecule has 3 aromatic rings. The molecule has 4 rings (SSSR count). The third-order valence-corrected chi connectivity index (χ3v) is 5.24. The number of halogens is 1. The maximum Gasteiger partial charge on any atom is 0.229 e. The van der Waals surface area contributed by atoms with E-state index in [0.29, 0.717) is 36.5 Å². The zero-order valence-electron chi connectivity index (χ0n) is 16.1. The van der Waals surface area contributed by atoms with Gasteiger partial charge in [-0.1, -0.05) is 35.5 Å². The molecular weight excluding hydrogens is 373 g/mol. The molecule has 1 aromatic heterocycles. The van der Waals surface area contributed by atoms with Crippen molar-refractivity contribution in [1.29, 1.82) is 0 Å². The van der Waals surface area contributed by atoms with Gasteiger partial charge in [0, 0.05) is 24.7 Å². The molecule has 0 atom stereocenters. The molecule has 2 N–H and O–H groups in total. The average Bonchev–Trinajstić information content (AvgIpc) is 3.19. The van der Waals surface area contributed by atoms with Crippen LogP contribution in [0.3, 0.4) is 0 Å². The smallest absolute Gasteiger partial charge is 0.229 e. The summed E-state index contributed by atoms with van der Waals surface area (Å²) in [6.07, 6.45) is 0.351. The Morgan fingerprint density at radius 3 is 2.79 bits per heavy atom. The number of nitrogens with one attached hydrogen (secondary N) is 2. The maximum atomic E-state index is 14.0. The largest absolute Gasteiger partial charge is 0.497 e. The van der Waals surface area contributed by atoms with E-state index < -0.39 is 5.41 Å². The van der Waals surface area contributed by atoms with Crippen LogP contribution in [0.2, 0.25) is 0 Å². The van der Waals surface area contributed by atoms with Crippen LogP contribution in [0.5, 0.6) is 5.75 Å². The first-order valence-electron chi connectivity index (χ1n) is 9.42. The molecule has 1 saturated heterocycles. The van der Waals surface area contributed by atoms with Gasteiger partial charge in [-0.05, 0) is 30.2 Å². The number of carbonyl (C=O) groups is 1. The summed E-state index contributed by atoms with van der Waals surface area (Å²) in [7, 11) is 1.61. The summed E-state index contributed by atoms with van der Waals surface area (Å²) >= 11 is 0. The molecule has 1 aliphatic heterocycles. The number of hydrogen-bond donors (Lipinski definition) is 2. The van der Waals surface area contributed by atoms with E-state index in [9.17, 15) is 9.18 Å². The normalized spacial score (nSPS) is 14.8. The van der Waals surface area contributed by atoms with E-state index in [1.807, 2.05) is 24.3 Å². The molecule has 0 spiro atoms. The molecule has 2 aromatic carbocycles. The van der Waals surface area contributed by atoms with Crippen molar-refractivity contribution in [3.8, 4) is 17.0 Å². The van der Waals surface area contributed by atoms with Crippen molar-refractivity contribution in [2.24, 2.45) is 5.41 Å². The van der Waals surface area contributed by atoms with E-state index in [4.69, 9.17) is 9.26 Å². The first-order valence-corrected chi connectivity index (χ1v) is 9.42. The average molecular weight is 395 g/mol. The van der Waals surface area contributed by atoms with Gasteiger partial charge in [0.05, 0.1) is 19.1 Å². The molecular formula is C22H22FN3O3. The van der Waals surface area contributed by atoms with Crippen LogP contribution in [0.15, 0.2) is 59.1 Å². The summed E-state index contributed by atoms with van der Waals surface area (Å²) in [5.41, 5.74) is 1.42. The van der Waals surface area contributed by atoms with Crippen LogP contribution in [0, 0.1) is 11.2 Å². The monoisotopic (exact) mass is 395 g/mol. The van der Waals surface area contributed by atoms with Gasteiger partial charge in [-0.15, -0.1) is 0 Å². The van der Waals surface area contributed by atoms with Gasteiger partial charge in [-0.3, -0.25) is 4.79 Å². The lowest BCUT2D eigenvalue weighted by Crippen LogP contribution is -2.62. The van der Waals surface area contributed by atoms with Gasteiger partial charge in [0.1, 0.15) is 17.3 Å². The fraction of sp³-hybridized carbons (Fsp3) is 0.273. The van der Waals surface area contributed by atoms with Crippen molar-refractivity contribution in [1.82, 2.24) is 15.8 Å². The second kappa shape index (κ2) is 8.05. The predicted molar refractivity (Wildman–Crippen MR) is 106 cm³/mol. The lowest BCUT2D eigenvalue weighted by molar-refractivity contribution is -0.134. The third-order valence-electron chi connectivity index (χ3n) is 5.24. The Morgan fingerprint density at radius 2 is 2.07 bits per heavy atom. The van der Waals surface area contributed by atoms with Crippen molar-refractivity contribution in [2.75, 3.05) is 20.2 Å². The quantitative estimate of drug-likeness (QED) is 0.643. The van der Waals surface area contributed by atoms with Crippen LogP contribution in [0.25, 0.3) is 11.3 Å². The highest BCUT2D eigenvalue weighted by Gasteiger charge is 2.44. The van der Waals surface area contributed by atoms with Crippen molar-refractivity contribution in [3.63, 3.8) is 0 Å². The Kier molecular flexibility index (Phi) is 5.31. The van der Waals surface area contributed by atoms with Gasteiger partial charge >= 0.3 is 0 Å². The van der Waals surface area contributed by atoms with Crippen LogP contribution in [-0.2, 0) is 17.8 Å². The fourth-order valence-corrected chi connectivity index (χ4v) is 3.47. The Morgan fingerprint density at radius 1 is 1.24 bits per heavy atom. The number of benzene rings is 2. The van der Waals surface area contributed by atoms with Crippen molar-refractivity contribution in [3.05, 3.63) is 71.7 Å². The summed E-state index contributed by atoms with van der Waals surface area (Å²) < 4.78 is 24.6. The highest BCUT2D eigenvalue weighted by atomic mass is 19.1. The summed E-state index contributed by atoms with van der Waals surface area (Å²) in [5.74, 6) is 0.862. The maximum absolute atomic E-state index is 14.0. The van der Waals surface area contributed by atoms with Crippen LogP contribution >= 0.6 is 0 Å². The van der Waals surface area contributed by atoms with E-state index in [1.165, 1.54) is 6.07 Å². The van der Waals surface area contributed by atoms with Crippen LogP contribution in [-0.4, -0.2) is 31.3 Å². The lowest BCUT2D eigenvalue weighted by atomic mass is 9.75. The number of amides is 1. The van der Waals surface area contributed by atoms with E-state index >= 15 is 0 Å². The fourth-order valence-electron chi connectivity index (χ4n) is 3.47. The topological polar surface area (TPSA) is 76.4 Å². The van der Waals surface area contributed by atoms with E-state index in [1.54, 1.807) is 31.4 Å². The third kappa shape index (κ3) is 4.00. The van der Waals surface area contributed by atoms with Gasteiger partial charge in [0.15, 0.2) is 5.76 Å². The number of ether oxygens (including phenoxy) is 1. The van der Waals surface area contributed by atoms with E-state index in [2.05, 4.69) is 15.8 Å². The van der Waals surface area contributed by atoms with Crippen molar-refractivity contribution >= 4 is 5.91 Å². The molecule has 0 unspecified atom stereocenters. The number of hydrogen-bond acceptors (Lipinski definition) is 5. The van der Waals surface area contributed by atoms with E-state index in [0.717, 1.165) is 11.3 Å². The van der Waals surface area contributed by atoms with Gasteiger partial charge < -0.3 is 19.9 Å². The molecule has 1 amide bonds. The summed E-state index contributed by atoms with van der Waals surface area (Å²) in [6, 6.07) is 15.9. The molecule has 0 saturated carbocycles. The van der Waals surface area contributed by atoms with Crippen molar-refractivity contribution in [2.45, 2.75) is 13.0 Å². The minimum absolute atomic E-state index is 0.126. The first-order chi connectivity index (χ1) is 14.1. The summed E-state index contributed by atoms with van der Waals surface area (Å²) in [4.78, 5) is 12.8. The Balaban J connectivity index is 1.41. The molecule has 0 bridgehead atoms. The standard InChI is InChI=1S/C22H22FN3O3/c1-28-17-7-4-6-15(9-17)20-10-18(29-26-20)12-25-21(27)22(13-24-14-22)11-16-5-2-3-8-19(16)23/h2-10,24H,11-14H2,1H3,(H,25,27). The van der Waals surface area contributed by atoms with Crippen LogP contribution in [0.1, 0.15) is 11.3 Å². The molecule has 7 heteroatoms. The first kappa shape index (κ1) is 19.1. The van der Waals surface area contributed by atoms with Crippen LogP contribution < -0.4 is 15.4 Å². The molecule has 29 heavy (non-hydrogen) atoms. The summed E-state index contributed by atoms with van der Waals surface area (Å²) in [6.45, 7) is 1.24.